The van der Waals surface area contributed by atoms with Gasteiger partial charge in [0.05, 0.1) is 13.2 Å². The summed E-state index contributed by atoms with van der Waals surface area (Å²) in [4.78, 5) is 21.9. The van der Waals surface area contributed by atoms with E-state index in [1.807, 2.05) is 0 Å². The van der Waals surface area contributed by atoms with E-state index < -0.39 is 36.0 Å². The third-order valence-corrected chi connectivity index (χ3v) is 2.04. The number of aromatic nitrogens is 3. The largest absolute Gasteiger partial charge is 0.461 e. The van der Waals surface area contributed by atoms with Crippen molar-refractivity contribution in [3.63, 3.8) is 0 Å². The third kappa shape index (κ3) is 3.66. The minimum absolute atomic E-state index is 0.0930. The third-order valence-electron chi connectivity index (χ3n) is 2.04. The van der Waals surface area contributed by atoms with E-state index in [0.717, 1.165) is 0 Å². The van der Waals surface area contributed by atoms with Crippen molar-refractivity contribution in [1.29, 1.82) is 0 Å². The Morgan fingerprint density at radius 3 is 2.53 bits per heavy atom. The van der Waals surface area contributed by atoms with Crippen LogP contribution in [0.2, 0.25) is 0 Å². The molecule has 0 spiro atoms. The number of alkyl halides is 3. The number of aryl methyl sites for hydroxylation is 1. The number of rotatable bonds is 5. The van der Waals surface area contributed by atoms with Crippen LogP contribution in [-0.2, 0) is 22.3 Å². The zero-order valence-corrected chi connectivity index (χ0v) is 9.90. The van der Waals surface area contributed by atoms with Crippen LogP contribution >= 0.6 is 0 Å². The van der Waals surface area contributed by atoms with Crippen molar-refractivity contribution in [2.45, 2.75) is 26.1 Å². The molecule has 1 aromatic rings. The molecule has 1 heterocycles. The van der Waals surface area contributed by atoms with Gasteiger partial charge in [-0.3, -0.25) is 4.79 Å². The molecule has 19 heavy (non-hydrogen) atoms. The highest BCUT2D eigenvalue weighted by Gasteiger charge is 2.41. The molecule has 0 bridgehead atoms. The summed E-state index contributed by atoms with van der Waals surface area (Å²) < 4.78 is 43.4. The molecule has 0 saturated heterocycles. The Balaban J connectivity index is 3.12. The van der Waals surface area contributed by atoms with Gasteiger partial charge < -0.3 is 10.5 Å². The summed E-state index contributed by atoms with van der Waals surface area (Å²) in [5.74, 6) is -2.01. The summed E-state index contributed by atoms with van der Waals surface area (Å²) in [6.07, 6.45) is -5.20. The lowest BCUT2D eigenvalue weighted by Gasteiger charge is -2.10. The van der Waals surface area contributed by atoms with Crippen LogP contribution in [0, 0.1) is 0 Å². The number of primary amides is 1. The Labute approximate surface area is 105 Å². The van der Waals surface area contributed by atoms with Crippen molar-refractivity contribution in [1.82, 2.24) is 15.0 Å². The van der Waals surface area contributed by atoms with E-state index in [-0.39, 0.29) is 13.0 Å². The molecule has 0 aliphatic carbocycles. The maximum atomic E-state index is 12.8. The topological polar surface area (TPSA) is 100 Å². The van der Waals surface area contributed by atoms with Crippen LogP contribution in [0.4, 0.5) is 13.2 Å². The average Bonchev–Trinajstić information content (AvgIpc) is 2.70. The Morgan fingerprint density at radius 2 is 2.05 bits per heavy atom. The van der Waals surface area contributed by atoms with Gasteiger partial charge in [-0.25, -0.2) is 9.48 Å². The van der Waals surface area contributed by atoms with Gasteiger partial charge in [0, 0.05) is 6.42 Å². The molecule has 0 radical (unpaired) electrons. The van der Waals surface area contributed by atoms with Gasteiger partial charge in [0.15, 0.2) is 5.69 Å². The van der Waals surface area contributed by atoms with Crippen molar-refractivity contribution in [3.05, 3.63) is 11.4 Å². The number of esters is 1. The summed E-state index contributed by atoms with van der Waals surface area (Å²) in [5, 5.41) is 6.34. The molecule has 1 amide bonds. The number of ether oxygens (including phenoxy) is 1. The molecule has 0 saturated carbocycles. The first-order chi connectivity index (χ1) is 8.77. The summed E-state index contributed by atoms with van der Waals surface area (Å²) in [6, 6.07) is 0. The van der Waals surface area contributed by atoms with Crippen molar-refractivity contribution >= 4 is 11.9 Å². The van der Waals surface area contributed by atoms with E-state index in [9.17, 15) is 22.8 Å². The lowest BCUT2D eigenvalue weighted by atomic mass is 10.3. The first kappa shape index (κ1) is 14.9. The van der Waals surface area contributed by atoms with E-state index in [1.54, 1.807) is 0 Å². The lowest BCUT2D eigenvalue weighted by Crippen LogP contribution is -2.21. The van der Waals surface area contributed by atoms with Gasteiger partial charge >= 0.3 is 12.1 Å². The minimum Gasteiger partial charge on any atom is -0.461 e. The van der Waals surface area contributed by atoms with Crippen LogP contribution in [0.15, 0.2) is 0 Å². The van der Waals surface area contributed by atoms with Crippen LogP contribution in [0.1, 0.15) is 29.5 Å². The van der Waals surface area contributed by atoms with Crippen LogP contribution in [0.25, 0.3) is 0 Å². The predicted molar refractivity (Wildman–Crippen MR) is 54.8 cm³/mol. The zero-order valence-electron chi connectivity index (χ0n) is 9.90. The molecule has 10 heteroatoms. The number of halogens is 3. The van der Waals surface area contributed by atoms with Crippen LogP contribution < -0.4 is 5.73 Å². The van der Waals surface area contributed by atoms with Gasteiger partial charge in [-0.1, -0.05) is 5.21 Å². The second-order valence-corrected chi connectivity index (χ2v) is 3.44. The Hall–Kier alpha value is -2.13. The SMILES string of the molecule is CCOC(=O)c1nnn(CCC(N)=O)c1C(F)(F)F. The highest BCUT2D eigenvalue weighted by molar-refractivity contribution is 5.88. The molecule has 0 aliphatic heterocycles. The Bertz CT molecular complexity index is 484. The van der Waals surface area contributed by atoms with Gasteiger partial charge in [0.1, 0.15) is 0 Å². The molecule has 0 atom stereocenters. The average molecular weight is 280 g/mol. The first-order valence-corrected chi connectivity index (χ1v) is 5.23. The lowest BCUT2D eigenvalue weighted by molar-refractivity contribution is -0.145. The number of hydrogen-bond acceptors (Lipinski definition) is 5. The van der Waals surface area contributed by atoms with Crippen LogP contribution in [0.5, 0.6) is 0 Å². The number of nitrogens with zero attached hydrogens (tertiary/aromatic N) is 3. The fourth-order valence-corrected chi connectivity index (χ4v) is 1.30. The molecule has 0 fully saturated rings. The van der Waals surface area contributed by atoms with E-state index in [0.29, 0.717) is 4.68 Å². The quantitative estimate of drug-likeness (QED) is 0.784. The second kappa shape index (κ2) is 5.67. The van der Waals surface area contributed by atoms with Gasteiger partial charge in [-0.05, 0) is 6.92 Å². The van der Waals surface area contributed by atoms with E-state index in [4.69, 9.17) is 5.73 Å². The molecular weight excluding hydrogens is 269 g/mol. The van der Waals surface area contributed by atoms with E-state index in [1.165, 1.54) is 6.92 Å². The predicted octanol–water partition coefficient (Wildman–Crippen LogP) is 0.349. The zero-order chi connectivity index (χ0) is 14.6. The van der Waals surface area contributed by atoms with Crippen LogP contribution in [-0.4, -0.2) is 33.5 Å². The fraction of sp³-hybridized carbons (Fsp3) is 0.556. The Kier molecular flexibility index (Phi) is 4.46. The van der Waals surface area contributed by atoms with Crippen molar-refractivity contribution in [3.8, 4) is 0 Å². The van der Waals surface area contributed by atoms with Crippen molar-refractivity contribution in [2.24, 2.45) is 5.73 Å². The number of nitrogens with two attached hydrogens (primary N) is 1. The summed E-state index contributed by atoms with van der Waals surface area (Å²) >= 11 is 0. The molecule has 1 aromatic heterocycles. The summed E-state index contributed by atoms with van der Waals surface area (Å²) in [7, 11) is 0. The molecule has 106 valence electrons. The molecule has 0 unspecified atom stereocenters. The number of hydrogen-bond donors (Lipinski definition) is 1. The monoisotopic (exact) mass is 280 g/mol. The van der Waals surface area contributed by atoms with E-state index in [2.05, 4.69) is 15.0 Å². The summed E-state index contributed by atoms with van der Waals surface area (Å²) in [5.41, 5.74) is 2.55. The smallest absolute Gasteiger partial charge is 0.435 e. The molecule has 1 rings (SSSR count). The molecule has 0 aromatic carbocycles. The maximum Gasteiger partial charge on any atom is 0.435 e. The standard InChI is InChI=1S/C9H11F3N4O3/c1-2-19-8(18)6-7(9(10,11)12)16(15-14-6)4-3-5(13)17/h2-4H2,1H3,(H2,13,17). The van der Waals surface area contributed by atoms with Crippen LogP contribution in [0.3, 0.4) is 0 Å². The van der Waals surface area contributed by atoms with Crippen molar-refractivity contribution < 1.29 is 27.5 Å². The highest BCUT2D eigenvalue weighted by Crippen LogP contribution is 2.31. The number of carbonyl (C=O) groups is 2. The number of carbonyl (C=O) groups excluding carboxylic acids is 2. The number of amides is 1. The molecule has 2 N–H and O–H groups in total. The molecular formula is C9H11F3N4O3. The first-order valence-electron chi connectivity index (χ1n) is 5.23. The van der Waals surface area contributed by atoms with Gasteiger partial charge in [-0.15, -0.1) is 5.10 Å². The Morgan fingerprint density at radius 1 is 1.42 bits per heavy atom. The van der Waals surface area contributed by atoms with Crippen molar-refractivity contribution in [2.75, 3.05) is 6.61 Å². The molecule has 7 nitrogen and oxygen atoms in total. The maximum absolute atomic E-state index is 12.8. The highest BCUT2D eigenvalue weighted by atomic mass is 19.4. The van der Waals surface area contributed by atoms with Gasteiger partial charge in [-0.2, -0.15) is 13.2 Å². The van der Waals surface area contributed by atoms with E-state index >= 15 is 0 Å². The minimum atomic E-state index is -4.84. The fourth-order valence-electron chi connectivity index (χ4n) is 1.30. The summed E-state index contributed by atoms with van der Waals surface area (Å²) in [6.45, 7) is 0.934. The van der Waals surface area contributed by atoms with Gasteiger partial charge in [0.25, 0.3) is 0 Å². The normalized spacial score (nSPS) is 11.4. The van der Waals surface area contributed by atoms with Gasteiger partial charge in [0.2, 0.25) is 11.6 Å². The second-order valence-electron chi connectivity index (χ2n) is 3.44. The molecule has 0 aliphatic rings.